The van der Waals surface area contributed by atoms with Crippen molar-refractivity contribution >= 4 is 0 Å². The molecule has 2 aromatic rings. The summed E-state index contributed by atoms with van der Waals surface area (Å²) in [6.45, 7) is 5.11. The summed E-state index contributed by atoms with van der Waals surface area (Å²) >= 11 is 0. The lowest BCUT2D eigenvalue weighted by Gasteiger charge is -2.08. The van der Waals surface area contributed by atoms with Gasteiger partial charge in [-0.2, -0.15) is 0 Å². The van der Waals surface area contributed by atoms with Crippen LogP contribution in [0.15, 0.2) is 30.5 Å². The number of aromatic amines is 1. The first-order chi connectivity index (χ1) is 9.14. The molecule has 0 radical (unpaired) electrons. The van der Waals surface area contributed by atoms with Crippen molar-refractivity contribution in [3.63, 3.8) is 0 Å². The van der Waals surface area contributed by atoms with Crippen LogP contribution in [0.25, 0.3) is 11.3 Å². The molecule has 1 aromatic carbocycles. The molecule has 1 heterocycles. The average molecular weight is 255 g/mol. The molecule has 3 rings (SSSR count). The lowest BCUT2D eigenvalue weighted by Crippen LogP contribution is -2.21. The lowest BCUT2D eigenvalue weighted by atomic mass is 10.0. The zero-order valence-corrected chi connectivity index (χ0v) is 11.6. The zero-order valence-electron chi connectivity index (χ0n) is 11.6. The van der Waals surface area contributed by atoms with E-state index in [4.69, 9.17) is 5.73 Å². The van der Waals surface area contributed by atoms with E-state index in [1.54, 1.807) is 0 Å². The number of H-pyrrole nitrogens is 1. The quantitative estimate of drug-likeness (QED) is 0.881. The third-order valence-corrected chi connectivity index (χ3v) is 4.21. The van der Waals surface area contributed by atoms with Crippen LogP contribution in [-0.2, 0) is 5.41 Å². The molecule has 1 aliphatic rings. The van der Waals surface area contributed by atoms with Gasteiger partial charge in [0.05, 0.1) is 11.9 Å². The van der Waals surface area contributed by atoms with Crippen molar-refractivity contribution < 1.29 is 0 Å². The number of hydrogen-bond donors (Lipinski definition) is 2. The largest absolute Gasteiger partial charge is 0.342 e. The van der Waals surface area contributed by atoms with E-state index in [0.29, 0.717) is 12.5 Å². The SMILES string of the molecule is CC(C)c1ccc(-c2cnc(C3(CN)CC3)[nH]2)cc1. The summed E-state index contributed by atoms with van der Waals surface area (Å²) in [7, 11) is 0. The predicted octanol–water partition coefficient (Wildman–Crippen LogP) is 3.19. The van der Waals surface area contributed by atoms with E-state index >= 15 is 0 Å². The molecule has 1 fully saturated rings. The van der Waals surface area contributed by atoms with E-state index in [0.717, 1.165) is 24.4 Å². The fourth-order valence-corrected chi connectivity index (χ4v) is 2.47. The minimum atomic E-state index is 0.135. The van der Waals surface area contributed by atoms with Crippen LogP contribution < -0.4 is 5.73 Å². The Morgan fingerprint density at radius 3 is 2.47 bits per heavy atom. The van der Waals surface area contributed by atoms with Crippen molar-refractivity contribution in [2.75, 3.05) is 6.54 Å². The maximum atomic E-state index is 5.84. The molecular formula is C16H21N3. The van der Waals surface area contributed by atoms with Gasteiger partial charge in [0, 0.05) is 12.0 Å². The molecule has 3 heteroatoms. The number of rotatable bonds is 4. The fraction of sp³-hybridized carbons (Fsp3) is 0.438. The zero-order chi connectivity index (χ0) is 13.5. The molecule has 0 unspecified atom stereocenters. The Labute approximate surface area is 114 Å². The van der Waals surface area contributed by atoms with Crippen LogP contribution in [0.2, 0.25) is 0 Å². The number of hydrogen-bond acceptors (Lipinski definition) is 2. The van der Waals surface area contributed by atoms with Crippen LogP contribution in [0.5, 0.6) is 0 Å². The van der Waals surface area contributed by atoms with Gasteiger partial charge in [-0.25, -0.2) is 4.98 Å². The van der Waals surface area contributed by atoms with Crippen molar-refractivity contribution in [2.24, 2.45) is 5.73 Å². The first kappa shape index (κ1) is 12.4. The van der Waals surface area contributed by atoms with E-state index in [2.05, 4.69) is 48.1 Å². The molecule has 3 N–H and O–H groups in total. The van der Waals surface area contributed by atoms with Crippen LogP contribution in [0.4, 0.5) is 0 Å². The Hall–Kier alpha value is -1.61. The van der Waals surface area contributed by atoms with Crippen LogP contribution >= 0.6 is 0 Å². The van der Waals surface area contributed by atoms with Gasteiger partial charge >= 0.3 is 0 Å². The summed E-state index contributed by atoms with van der Waals surface area (Å²) in [6.07, 6.45) is 4.24. The minimum Gasteiger partial charge on any atom is -0.342 e. The first-order valence-electron chi connectivity index (χ1n) is 7.00. The molecule has 1 saturated carbocycles. The predicted molar refractivity (Wildman–Crippen MR) is 78.1 cm³/mol. The minimum absolute atomic E-state index is 0.135. The van der Waals surface area contributed by atoms with E-state index < -0.39 is 0 Å². The highest BCUT2D eigenvalue weighted by molar-refractivity contribution is 5.59. The number of aromatic nitrogens is 2. The average Bonchev–Trinajstić information content (AvgIpc) is 3.08. The topological polar surface area (TPSA) is 54.7 Å². The van der Waals surface area contributed by atoms with Crippen LogP contribution in [0.1, 0.15) is 44.0 Å². The Morgan fingerprint density at radius 1 is 1.26 bits per heavy atom. The molecule has 0 aliphatic heterocycles. The van der Waals surface area contributed by atoms with E-state index in [9.17, 15) is 0 Å². The number of nitrogens with two attached hydrogens (primary N) is 1. The van der Waals surface area contributed by atoms with Crippen molar-refractivity contribution in [2.45, 2.75) is 38.0 Å². The van der Waals surface area contributed by atoms with Gasteiger partial charge in [0.1, 0.15) is 5.82 Å². The van der Waals surface area contributed by atoms with Gasteiger partial charge in [-0.15, -0.1) is 0 Å². The van der Waals surface area contributed by atoms with E-state index in [1.165, 1.54) is 11.1 Å². The number of nitrogens with one attached hydrogen (secondary N) is 1. The van der Waals surface area contributed by atoms with Gasteiger partial charge in [0.15, 0.2) is 0 Å². The van der Waals surface area contributed by atoms with Gasteiger partial charge in [0.2, 0.25) is 0 Å². The molecule has 100 valence electrons. The van der Waals surface area contributed by atoms with Gasteiger partial charge < -0.3 is 10.7 Å². The second kappa shape index (κ2) is 4.49. The Morgan fingerprint density at radius 2 is 1.95 bits per heavy atom. The molecular weight excluding hydrogens is 234 g/mol. The molecule has 1 aromatic heterocycles. The standard InChI is InChI=1S/C16H21N3/c1-11(2)12-3-5-13(6-4-12)14-9-18-15(19-14)16(10-17)7-8-16/h3-6,9,11H,7-8,10,17H2,1-2H3,(H,18,19). The summed E-state index contributed by atoms with van der Waals surface area (Å²) in [6, 6.07) is 8.70. The van der Waals surface area contributed by atoms with Gasteiger partial charge in [-0.1, -0.05) is 38.1 Å². The smallest absolute Gasteiger partial charge is 0.114 e. The van der Waals surface area contributed by atoms with Crippen molar-refractivity contribution in [1.82, 2.24) is 9.97 Å². The molecule has 0 bridgehead atoms. The normalized spacial score (nSPS) is 16.8. The highest BCUT2D eigenvalue weighted by Gasteiger charge is 2.45. The second-order valence-electron chi connectivity index (χ2n) is 5.91. The Bertz CT molecular complexity index is 562. The summed E-state index contributed by atoms with van der Waals surface area (Å²) in [5, 5.41) is 0. The second-order valence-corrected chi connectivity index (χ2v) is 5.91. The van der Waals surface area contributed by atoms with Crippen molar-refractivity contribution in [1.29, 1.82) is 0 Å². The maximum absolute atomic E-state index is 5.84. The highest BCUT2D eigenvalue weighted by Crippen LogP contribution is 2.46. The molecule has 0 saturated heterocycles. The Balaban J connectivity index is 1.86. The van der Waals surface area contributed by atoms with E-state index in [1.807, 2.05) is 6.20 Å². The summed E-state index contributed by atoms with van der Waals surface area (Å²) < 4.78 is 0. The third kappa shape index (κ3) is 2.19. The van der Waals surface area contributed by atoms with Gasteiger partial charge in [0.25, 0.3) is 0 Å². The molecule has 19 heavy (non-hydrogen) atoms. The van der Waals surface area contributed by atoms with Gasteiger partial charge in [-0.05, 0) is 29.9 Å². The summed E-state index contributed by atoms with van der Waals surface area (Å²) in [5.74, 6) is 1.62. The van der Waals surface area contributed by atoms with E-state index in [-0.39, 0.29) is 5.41 Å². The number of nitrogens with zero attached hydrogens (tertiary/aromatic N) is 1. The summed E-state index contributed by atoms with van der Waals surface area (Å²) in [5.41, 5.74) is 9.62. The number of imidazole rings is 1. The lowest BCUT2D eigenvalue weighted by molar-refractivity contribution is 0.659. The van der Waals surface area contributed by atoms with Crippen LogP contribution in [-0.4, -0.2) is 16.5 Å². The summed E-state index contributed by atoms with van der Waals surface area (Å²) in [4.78, 5) is 7.96. The van der Waals surface area contributed by atoms with Crippen molar-refractivity contribution in [3.05, 3.63) is 41.9 Å². The fourth-order valence-electron chi connectivity index (χ4n) is 2.47. The van der Waals surface area contributed by atoms with Gasteiger partial charge in [-0.3, -0.25) is 0 Å². The molecule has 0 spiro atoms. The maximum Gasteiger partial charge on any atom is 0.114 e. The number of benzene rings is 1. The Kier molecular flexibility index (Phi) is 2.94. The van der Waals surface area contributed by atoms with Crippen LogP contribution in [0, 0.1) is 0 Å². The third-order valence-electron chi connectivity index (χ3n) is 4.21. The van der Waals surface area contributed by atoms with Crippen LogP contribution in [0.3, 0.4) is 0 Å². The van der Waals surface area contributed by atoms with Crippen molar-refractivity contribution in [3.8, 4) is 11.3 Å². The molecule has 3 nitrogen and oxygen atoms in total. The molecule has 0 atom stereocenters. The monoisotopic (exact) mass is 255 g/mol. The molecule has 0 amide bonds. The highest BCUT2D eigenvalue weighted by atomic mass is 15.0. The first-order valence-corrected chi connectivity index (χ1v) is 7.00. The molecule has 1 aliphatic carbocycles.